The van der Waals surface area contributed by atoms with E-state index in [0.29, 0.717) is 22.9 Å². The van der Waals surface area contributed by atoms with Gasteiger partial charge in [-0.05, 0) is 42.9 Å². The molecule has 1 aliphatic heterocycles. The third-order valence-electron chi connectivity index (χ3n) is 5.61. The van der Waals surface area contributed by atoms with Crippen molar-refractivity contribution in [1.82, 2.24) is 10.2 Å². The first-order valence-corrected chi connectivity index (χ1v) is 8.44. The standard InChI is InChI=1S/C17H30N2O/c1-16(2)9-14-10-17(3,11-16)12-19(14)15(20)18-13-7-5-4-6-8-13/h13-14H,4-12H2,1-3H3,(H,18,20)/t14-,17-/m0/s1. The number of carbonyl (C=O) groups is 1. The molecule has 0 aromatic carbocycles. The van der Waals surface area contributed by atoms with Crippen LogP contribution in [-0.2, 0) is 0 Å². The van der Waals surface area contributed by atoms with Crippen molar-refractivity contribution in [1.29, 1.82) is 0 Å². The molecular weight excluding hydrogens is 248 g/mol. The number of nitrogens with one attached hydrogen (secondary N) is 1. The molecule has 114 valence electrons. The number of likely N-dealkylation sites (tertiary alicyclic amines) is 1. The molecule has 2 saturated carbocycles. The Bertz CT molecular complexity index is 386. The molecule has 0 aromatic rings. The van der Waals surface area contributed by atoms with Gasteiger partial charge in [-0.3, -0.25) is 0 Å². The first kappa shape index (κ1) is 14.2. The van der Waals surface area contributed by atoms with Gasteiger partial charge in [0.1, 0.15) is 0 Å². The number of fused-ring (bicyclic) bond motifs is 2. The van der Waals surface area contributed by atoms with Crippen LogP contribution in [0.1, 0.15) is 72.1 Å². The van der Waals surface area contributed by atoms with Crippen LogP contribution < -0.4 is 5.32 Å². The predicted molar refractivity (Wildman–Crippen MR) is 81.6 cm³/mol. The van der Waals surface area contributed by atoms with Crippen molar-refractivity contribution in [3.8, 4) is 0 Å². The Morgan fingerprint density at radius 2 is 1.80 bits per heavy atom. The molecule has 0 aromatic heterocycles. The number of urea groups is 1. The lowest BCUT2D eigenvalue weighted by Crippen LogP contribution is -2.47. The van der Waals surface area contributed by atoms with E-state index in [1.54, 1.807) is 0 Å². The Balaban J connectivity index is 1.64. The second kappa shape index (κ2) is 4.92. The molecule has 0 spiro atoms. The average Bonchev–Trinajstić information content (AvgIpc) is 2.60. The number of nitrogens with zero attached hydrogens (tertiary/aromatic N) is 1. The van der Waals surface area contributed by atoms with Crippen LogP contribution >= 0.6 is 0 Å². The van der Waals surface area contributed by atoms with Crippen molar-refractivity contribution in [2.24, 2.45) is 10.8 Å². The minimum absolute atomic E-state index is 0.211. The van der Waals surface area contributed by atoms with Crippen molar-refractivity contribution in [3.05, 3.63) is 0 Å². The molecule has 1 saturated heterocycles. The van der Waals surface area contributed by atoms with Gasteiger partial charge in [-0.25, -0.2) is 4.79 Å². The van der Waals surface area contributed by atoms with Crippen LogP contribution in [0.5, 0.6) is 0 Å². The summed E-state index contributed by atoms with van der Waals surface area (Å²) in [6.45, 7) is 8.05. The van der Waals surface area contributed by atoms with Crippen LogP contribution in [0.15, 0.2) is 0 Å². The van der Waals surface area contributed by atoms with E-state index in [1.807, 2.05) is 0 Å². The topological polar surface area (TPSA) is 32.3 Å². The molecule has 2 atom stereocenters. The summed E-state index contributed by atoms with van der Waals surface area (Å²) < 4.78 is 0. The zero-order valence-corrected chi connectivity index (χ0v) is 13.4. The summed E-state index contributed by atoms with van der Waals surface area (Å²) in [7, 11) is 0. The molecule has 1 heterocycles. The highest BCUT2D eigenvalue weighted by Gasteiger charge is 2.51. The van der Waals surface area contributed by atoms with Crippen LogP contribution in [0.4, 0.5) is 4.79 Å². The second-order valence-electron chi connectivity index (χ2n) is 8.63. The first-order chi connectivity index (χ1) is 9.37. The lowest BCUT2D eigenvalue weighted by atomic mass is 9.65. The molecule has 3 rings (SSSR count). The summed E-state index contributed by atoms with van der Waals surface area (Å²) in [5.74, 6) is 0. The highest BCUT2D eigenvalue weighted by atomic mass is 16.2. The van der Waals surface area contributed by atoms with Crippen LogP contribution in [0.2, 0.25) is 0 Å². The van der Waals surface area contributed by atoms with Gasteiger partial charge in [0.2, 0.25) is 0 Å². The van der Waals surface area contributed by atoms with E-state index in [4.69, 9.17) is 0 Å². The van der Waals surface area contributed by atoms with Crippen LogP contribution in [0.25, 0.3) is 0 Å². The van der Waals surface area contributed by atoms with E-state index >= 15 is 0 Å². The molecule has 20 heavy (non-hydrogen) atoms. The maximum absolute atomic E-state index is 12.6. The zero-order chi connectivity index (χ0) is 14.4. The molecule has 2 bridgehead atoms. The summed E-state index contributed by atoms with van der Waals surface area (Å²) in [6.07, 6.45) is 9.86. The SMILES string of the molecule is CC1(C)C[C@H]2C[C@](C)(CN2C(=O)NC2CCCCC2)C1. The Hall–Kier alpha value is -0.730. The highest BCUT2D eigenvalue weighted by molar-refractivity contribution is 5.75. The number of hydrogen-bond acceptors (Lipinski definition) is 1. The van der Waals surface area contributed by atoms with E-state index < -0.39 is 0 Å². The maximum atomic E-state index is 12.6. The average molecular weight is 278 g/mol. The molecule has 0 unspecified atom stereocenters. The van der Waals surface area contributed by atoms with Gasteiger partial charge in [-0.15, -0.1) is 0 Å². The number of amides is 2. The maximum Gasteiger partial charge on any atom is 0.317 e. The van der Waals surface area contributed by atoms with Crippen LogP contribution in [0, 0.1) is 10.8 Å². The zero-order valence-electron chi connectivity index (χ0n) is 13.4. The van der Waals surface area contributed by atoms with Gasteiger partial charge < -0.3 is 10.2 Å². The van der Waals surface area contributed by atoms with Gasteiger partial charge in [-0.1, -0.05) is 40.0 Å². The van der Waals surface area contributed by atoms with Gasteiger partial charge in [0.05, 0.1) is 0 Å². The van der Waals surface area contributed by atoms with E-state index in [2.05, 4.69) is 31.0 Å². The fraction of sp³-hybridized carbons (Fsp3) is 0.941. The van der Waals surface area contributed by atoms with Gasteiger partial charge in [0.15, 0.2) is 0 Å². The third kappa shape index (κ3) is 2.82. The number of hydrogen-bond donors (Lipinski definition) is 1. The van der Waals surface area contributed by atoms with E-state index in [9.17, 15) is 4.79 Å². The molecular formula is C17H30N2O. The summed E-state index contributed by atoms with van der Waals surface area (Å²) >= 11 is 0. The fourth-order valence-corrected chi connectivity index (χ4v) is 5.20. The Morgan fingerprint density at radius 1 is 1.10 bits per heavy atom. The van der Waals surface area contributed by atoms with Gasteiger partial charge >= 0.3 is 6.03 Å². The van der Waals surface area contributed by atoms with Crippen molar-refractivity contribution < 1.29 is 4.79 Å². The van der Waals surface area contributed by atoms with Gasteiger partial charge in [0.25, 0.3) is 0 Å². The van der Waals surface area contributed by atoms with Crippen LogP contribution in [0.3, 0.4) is 0 Å². The minimum atomic E-state index is 0.211. The van der Waals surface area contributed by atoms with Crippen LogP contribution in [-0.4, -0.2) is 29.6 Å². The number of carbonyl (C=O) groups excluding carboxylic acids is 1. The third-order valence-corrected chi connectivity index (χ3v) is 5.61. The molecule has 3 aliphatic rings. The van der Waals surface area contributed by atoms with E-state index in [0.717, 1.165) is 6.54 Å². The van der Waals surface area contributed by atoms with Gasteiger partial charge in [-0.2, -0.15) is 0 Å². The summed E-state index contributed by atoms with van der Waals surface area (Å²) in [6, 6.07) is 1.10. The molecule has 2 aliphatic carbocycles. The molecule has 1 N–H and O–H groups in total. The molecule has 3 fully saturated rings. The number of rotatable bonds is 1. The Labute approximate surface area is 123 Å². The molecule has 3 nitrogen and oxygen atoms in total. The lowest BCUT2D eigenvalue weighted by Gasteiger charge is -2.39. The molecule has 2 amide bonds. The molecule has 0 radical (unpaired) electrons. The summed E-state index contributed by atoms with van der Waals surface area (Å²) in [4.78, 5) is 14.8. The molecule has 3 heteroatoms. The van der Waals surface area contributed by atoms with Crippen molar-refractivity contribution >= 4 is 6.03 Å². The lowest BCUT2D eigenvalue weighted by molar-refractivity contribution is 0.128. The Kier molecular flexibility index (Phi) is 3.50. The largest absolute Gasteiger partial charge is 0.335 e. The highest BCUT2D eigenvalue weighted by Crippen LogP contribution is 2.52. The second-order valence-corrected chi connectivity index (χ2v) is 8.63. The first-order valence-electron chi connectivity index (χ1n) is 8.44. The quantitative estimate of drug-likeness (QED) is 0.774. The predicted octanol–water partition coefficient (Wildman–Crippen LogP) is 3.93. The summed E-state index contributed by atoms with van der Waals surface area (Å²) in [5.41, 5.74) is 0.730. The van der Waals surface area contributed by atoms with Crippen molar-refractivity contribution in [3.63, 3.8) is 0 Å². The fourth-order valence-electron chi connectivity index (χ4n) is 5.20. The van der Waals surface area contributed by atoms with Crippen molar-refractivity contribution in [2.75, 3.05) is 6.54 Å². The van der Waals surface area contributed by atoms with E-state index in [1.165, 1.54) is 51.4 Å². The Morgan fingerprint density at radius 3 is 2.50 bits per heavy atom. The van der Waals surface area contributed by atoms with E-state index in [-0.39, 0.29) is 6.03 Å². The van der Waals surface area contributed by atoms with Crippen molar-refractivity contribution in [2.45, 2.75) is 84.2 Å². The summed E-state index contributed by atoms with van der Waals surface area (Å²) in [5, 5.41) is 3.30. The minimum Gasteiger partial charge on any atom is -0.335 e. The smallest absolute Gasteiger partial charge is 0.317 e. The monoisotopic (exact) mass is 278 g/mol. The van der Waals surface area contributed by atoms with Gasteiger partial charge in [0, 0.05) is 18.6 Å². The normalized spacial score (nSPS) is 37.0.